The number of thiophene rings is 1. The lowest BCUT2D eigenvalue weighted by molar-refractivity contribution is -0.140. The molecule has 1 fully saturated rings. The topological polar surface area (TPSA) is 66.8 Å². The highest BCUT2D eigenvalue weighted by atomic mass is 32.1. The summed E-state index contributed by atoms with van der Waals surface area (Å²) in [5.74, 6) is -1.39. The second-order valence-corrected chi connectivity index (χ2v) is 7.96. The molecule has 2 heterocycles. The van der Waals surface area contributed by atoms with Crippen LogP contribution in [0.15, 0.2) is 47.4 Å². The highest BCUT2D eigenvalue weighted by Gasteiger charge is 2.46. The number of ether oxygens (including phenoxy) is 1. The van der Waals surface area contributed by atoms with E-state index in [9.17, 15) is 14.7 Å². The number of hydrogen-bond donors (Lipinski definition) is 1. The van der Waals surface area contributed by atoms with Crippen molar-refractivity contribution in [3.8, 4) is 0 Å². The van der Waals surface area contributed by atoms with Gasteiger partial charge >= 0.3 is 0 Å². The summed E-state index contributed by atoms with van der Waals surface area (Å²) in [6.45, 7) is 6.51. The standard InChI is InChI=1S/C22H25NO4S/c1-4-15-7-9-16(10-8-15)20(24)18-19(17-6-5-13-28-17)23(22(26)21(18)25)11-12-27-14(2)3/h5-10,13-14,19,24H,4,11-12H2,1-3H3/b20-18-. The molecule has 28 heavy (non-hydrogen) atoms. The Morgan fingerprint density at radius 3 is 2.50 bits per heavy atom. The Morgan fingerprint density at radius 1 is 1.21 bits per heavy atom. The predicted molar refractivity (Wildman–Crippen MR) is 110 cm³/mol. The zero-order valence-corrected chi connectivity index (χ0v) is 17.2. The van der Waals surface area contributed by atoms with Crippen LogP contribution in [-0.4, -0.2) is 41.0 Å². The lowest BCUT2D eigenvalue weighted by Gasteiger charge is -2.24. The van der Waals surface area contributed by atoms with Crippen LogP contribution < -0.4 is 0 Å². The van der Waals surface area contributed by atoms with Crippen molar-refractivity contribution in [2.24, 2.45) is 0 Å². The molecule has 1 saturated heterocycles. The SMILES string of the molecule is CCc1ccc(/C(O)=C2/C(=O)C(=O)N(CCOC(C)C)C2c2cccs2)cc1. The molecule has 1 N–H and O–H groups in total. The zero-order valence-electron chi connectivity index (χ0n) is 16.3. The number of aliphatic hydroxyl groups excluding tert-OH is 1. The summed E-state index contributed by atoms with van der Waals surface area (Å²) in [5.41, 5.74) is 1.81. The van der Waals surface area contributed by atoms with E-state index in [4.69, 9.17) is 4.74 Å². The van der Waals surface area contributed by atoms with E-state index in [2.05, 4.69) is 6.92 Å². The lowest BCUT2D eigenvalue weighted by Crippen LogP contribution is -2.33. The van der Waals surface area contributed by atoms with Crippen LogP contribution in [0.25, 0.3) is 5.76 Å². The van der Waals surface area contributed by atoms with Gasteiger partial charge in [0, 0.05) is 17.0 Å². The van der Waals surface area contributed by atoms with E-state index < -0.39 is 17.7 Å². The number of hydrogen-bond acceptors (Lipinski definition) is 5. The van der Waals surface area contributed by atoms with Crippen molar-refractivity contribution >= 4 is 28.8 Å². The molecule has 1 atom stereocenters. The van der Waals surface area contributed by atoms with Gasteiger partial charge in [0.25, 0.3) is 11.7 Å². The van der Waals surface area contributed by atoms with E-state index >= 15 is 0 Å². The average molecular weight is 400 g/mol. The molecule has 1 aliphatic heterocycles. The number of amides is 1. The first-order valence-corrected chi connectivity index (χ1v) is 10.3. The molecule has 0 radical (unpaired) electrons. The Labute approximate surface area is 169 Å². The number of rotatable bonds is 7. The largest absolute Gasteiger partial charge is 0.507 e. The van der Waals surface area contributed by atoms with Crippen molar-refractivity contribution < 1.29 is 19.4 Å². The third-order valence-corrected chi connectivity index (χ3v) is 5.70. The molecule has 5 nitrogen and oxygen atoms in total. The molecule has 1 aliphatic rings. The molecule has 0 aliphatic carbocycles. The van der Waals surface area contributed by atoms with Gasteiger partial charge in [-0.3, -0.25) is 9.59 Å². The fourth-order valence-electron chi connectivity index (χ4n) is 3.29. The van der Waals surface area contributed by atoms with Crippen LogP contribution in [0.2, 0.25) is 0 Å². The van der Waals surface area contributed by atoms with E-state index in [1.807, 2.05) is 43.5 Å². The van der Waals surface area contributed by atoms with Gasteiger partial charge in [-0.2, -0.15) is 0 Å². The quantitative estimate of drug-likeness (QED) is 0.431. The first-order chi connectivity index (χ1) is 13.4. The zero-order chi connectivity index (χ0) is 20.3. The Balaban J connectivity index is 2.01. The summed E-state index contributed by atoms with van der Waals surface area (Å²) >= 11 is 1.46. The fourth-order valence-corrected chi connectivity index (χ4v) is 4.14. The summed E-state index contributed by atoms with van der Waals surface area (Å²) in [7, 11) is 0. The average Bonchev–Trinajstić information content (AvgIpc) is 3.29. The Morgan fingerprint density at radius 2 is 1.93 bits per heavy atom. The first-order valence-electron chi connectivity index (χ1n) is 9.46. The van der Waals surface area contributed by atoms with Gasteiger partial charge in [-0.15, -0.1) is 11.3 Å². The lowest BCUT2D eigenvalue weighted by atomic mass is 9.99. The normalized spacial score (nSPS) is 19.0. The van der Waals surface area contributed by atoms with Gasteiger partial charge in [0.15, 0.2) is 0 Å². The second-order valence-electron chi connectivity index (χ2n) is 6.98. The molecular weight excluding hydrogens is 374 g/mol. The number of aryl methyl sites for hydroxylation is 1. The molecule has 0 spiro atoms. The maximum atomic E-state index is 12.8. The number of Topliss-reactive ketones (excluding diaryl/α,β-unsaturated/α-hetero) is 1. The third kappa shape index (κ3) is 4.03. The van der Waals surface area contributed by atoms with E-state index in [1.54, 1.807) is 12.1 Å². The first kappa shape index (κ1) is 20.3. The number of benzene rings is 1. The van der Waals surface area contributed by atoms with Crippen LogP contribution in [0.3, 0.4) is 0 Å². The molecule has 1 aromatic carbocycles. The van der Waals surface area contributed by atoms with Crippen molar-refractivity contribution in [2.45, 2.75) is 39.3 Å². The van der Waals surface area contributed by atoms with Crippen LogP contribution in [0.1, 0.15) is 42.8 Å². The van der Waals surface area contributed by atoms with Crippen molar-refractivity contribution in [3.05, 3.63) is 63.4 Å². The third-order valence-electron chi connectivity index (χ3n) is 4.77. The number of ketones is 1. The van der Waals surface area contributed by atoms with Gasteiger partial charge < -0.3 is 14.7 Å². The molecule has 6 heteroatoms. The summed E-state index contributed by atoms with van der Waals surface area (Å²) in [4.78, 5) is 27.9. The summed E-state index contributed by atoms with van der Waals surface area (Å²) in [6.07, 6.45) is 0.922. The van der Waals surface area contributed by atoms with Crippen molar-refractivity contribution in [2.75, 3.05) is 13.2 Å². The molecule has 0 bridgehead atoms. The molecule has 148 valence electrons. The predicted octanol–water partition coefficient (Wildman–Crippen LogP) is 4.16. The highest BCUT2D eigenvalue weighted by molar-refractivity contribution is 7.10. The van der Waals surface area contributed by atoms with E-state index in [-0.39, 0.29) is 24.0 Å². The van der Waals surface area contributed by atoms with Gasteiger partial charge in [0.2, 0.25) is 0 Å². The molecular formula is C22H25NO4S. The Hall–Kier alpha value is -2.44. The summed E-state index contributed by atoms with van der Waals surface area (Å²) < 4.78 is 5.58. The minimum atomic E-state index is -0.653. The van der Waals surface area contributed by atoms with Gasteiger partial charge in [-0.05, 0) is 37.3 Å². The van der Waals surface area contributed by atoms with E-state index in [0.29, 0.717) is 12.2 Å². The monoisotopic (exact) mass is 399 g/mol. The van der Waals surface area contributed by atoms with Gasteiger partial charge in [0.1, 0.15) is 5.76 Å². The van der Waals surface area contributed by atoms with Crippen molar-refractivity contribution in [1.29, 1.82) is 0 Å². The number of likely N-dealkylation sites (tertiary alicyclic amines) is 1. The van der Waals surface area contributed by atoms with Gasteiger partial charge in [-0.25, -0.2) is 0 Å². The smallest absolute Gasteiger partial charge is 0.295 e. The van der Waals surface area contributed by atoms with Crippen LogP contribution in [-0.2, 0) is 20.7 Å². The maximum Gasteiger partial charge on any atom is 0.295 e. The molecule has 3 rings (SSSR count). The Bertz CT molecular complexity index is 868. The van der Waals surface area contributed by atoms with E-state index in [1.165, 1.54) is 16.2 Å². The van der Waals surface area contributed by atoms with Crippen LogP contribution in [0, 0.1) is 0 Å². The molecule has 0 saturated carbocycles. The van der Waals surface area contributed by atoms with Crippen molar-refractivity contribution in [3.63, 3.8) is 0 Å². The number of carbonyl (C=O) groups is 2. The molecule has 1 amide bonds. The van der Waals surface area contributed by atoms with Gasteiger partial charge in [0.05, 0.1) is 24.3 Å². The minimum absolute atomic E-state index is 0.0362. The van der Waals surface area contributed by atoms with Gasteiger partial charge in [-0.1, -0.05) is 37.3 Å². The number of aliphatic hydroxyl groups is 1. The molecule has 1 unspecified atom stereocenters. The minimum Gasteiger partial charge on any atom is -0.507 e. The maximum absolute atomic E-state index is 12.8. The van der Waals surface area contributed by atoms with Crippen molar-refractivity contribution in [1.82, 2.24) is 4.90 Å². The highest BCUT2D eigenvalue weighted by Crippen LogP contribution is 2.40. The summed E-state index contributed by atoms with van der Waals surface area (Å²) in [6, 6.07) is 10.6. The Kier molecular flexibility index (Phi) is 6.31. The second kappa shape index (κ2) is 8.71. The van der Waals surface area contributed by atoms with Crippen LogP contribution in [0.5, 0.6) is 0 Å². The summed E-state index contributed by atoms with van der Waals surface area (Å²) in [5, 5.41) is 12.8. The fraction of sp³-hybridized carbons (Fsp3) is 0.364. The van der Waals surface area contributed by atoms with Crippen LogP contribution in [0.4, 0.5) is 0 Å². The number of nitrogens with zero attached hydrogens (tertiary/aromatic N) is 1. The molecule has 2 aromatic rings. The van der Waals surface area contributed by atoms with E-state index in [0.717, 1.165) is 16.9 Å². The van der Waals surface area contributed by atoms with Crippen LogP contribution >= 0.6 is 11.3 Å². The molecule has 1 aromatic heterocycles. The number of carbonyl (C=O) groups excluding carboxylic acids is 2.